The maximum atomic E-state index is 9.43. The Labute approximate surface area is 173 Å². The van der Waals surface area contributed by atoms with E-state index in [4.69, 9.17) is 4.74 Å². The largest absolute Gasteiger partial charge is 0.370 e. The van der Waals surface area contributed by atoms with E-state index in [1.165, 1.54) is 6.42 Å². The Hall–Kier alpha value is -2.20. The fraction of sp³-hybridized carbons (Fsp3) is 0.565. The third-order valence-electron chi connectivity index (χ3n) is 6.33. The lowest BCUT2D eigenvalue weighted by Crippen LogP contribution is -2.56. The third-order valence-corrected chi connectivity index (χ3v) is 6.33. The molecule has 0 unspecified atom stereocenters. The fourth-order valence-corrected chi connectivity index (χ4v) is 4.77. The van der Waals surface area contributed by atoms with E-state index in [0.29, 0.717) is 11.6 Å². The molecule has 1 aromatic carbocycles. The van der Waals surface area contributed by atoms with Gasteiger partial charge in [-0.2, -0.15) is 5.26 Å². The van der Waals surface area contributed by atoms with Crippen molar-refractivity contribution < 1.29 is 4.74 Å². The highest BCUT2D eigenvalue weighted by Crippen LogP contribution is 2.30. The number of piperazine rings is 1. The molecule has 3 atom stereocenters. The van der Waals surface area contributed by atoms with Crippen LogP contribution in [-0.2, 0) is 4.74 Å². The molecule has 0 bridgehead atoms. The van der Waals surface area contributed by atoms with Gasteiger partial charge in [0, 0.05) is 62.6 Å². The number of likely N-dealkylation sites (N-methyl/N-ethyl adjacent to an activating group) is 1. The van der Waals surface area contributed by atoms with E-state index in [0.717, 1.165) is 55.9 Å². The molecule has 1 aromatic heterocycles. The Kier molecular flexibility index (Phi) is 6.00. The molecule has 2 aliphatic heterocycles. The summed E-state index contributed by atoms with van der Waals surface area (Å²) in [6.45, 7) is 10.5. The van der Waals surface area contributed by atoms with Gasteiger partial charge in [-0.1, -0.05) is 6.92 Å². The Morgan fingerprint density at radius 3 is 2.86 bits per heavy atom. The van der Waals surface area contributed by atoms with Crippen LogP contribution < -0.4 is 4.90 Å². The van der Waals surface area contributed by atoms with Crippen LogP contribution in [0.25, 0.3) is 10.9 Å². The van der Waals surface area contributed by atoms with Crippen LogP contribution in [0, 0.1) is 11.3 Å². The van der Waals surface area contributed by atoms with Crippen molar-refractivity contribution in [1.82, 2.24) is 14.8 Å². The van der Waals surface area contributed by atoms with Crippen LogP contribution in [0.1, 0.15) is 25.8 Å². The molecule has 2 aliphatic rings. The summed E-state index contributed by atoms with van der Waals surface area (Å²) in [6.07, 6.45) is 3.30. The lowest BCUT2D eigenvalue weighted by molar-refractivity contribution is -0.0417. The molecule has 6 nitrogen and oxygen atoms in total. The van der Waals surface area contributed by atoms with Crippen LogP contribution in [0.15, 0.2) is 30.5 Å². The summed E-state index contributed by atoms with van der Waals surface area (Å²) in [4.78, 5) is 11.9. The molecule has 29 heavy (non-hydrogen) atoms. The normalized spacial score (nSPS) is 26.6. The van der Waals surface area contributed by atoms with Crippen molar-refractivity contribution in [3.63, 3.8) is 0 Å². The molecule has 6 heteroatoms. The summed E-state index contributed by atoms with van der Waals surface area (Å²) in [5.41, 5.74) is 2.57. The number of rotatable bonds is 4. The standard InChI is InChI=1S/C23H31N5O/c1-4-19-14-27(11-10-26(19)3)15-20-16-28(13-17(2)29-20)22-8-7-18(12-24)23-21(22)6-5-9-25-23/h5-9,17,19-20H,4,10-11,13-16H2,1-3H3/t17-,19+,20-/m1/s1. The zero-order chi connectivity index (χ0) is 20.4. The van der Waals surface area contributed by atoms with Crippen LogP contribution in [-0.4, -0.2) is 79.3 Å². The Morgan fingerprint density at radius 1 is 1.21 bits per heavy atom. The predicted octanol–water partition coefficient (Wildman–Crippen LogP) is 2.73. The molecular weight excluding hydrogens is 362 g/mol. The van der Waals surface area contributed by atoms with Crippen molar-refractivity contribution >= 4 is 16.6 Å². The minimum atomic E-state index is 0.172. The first-order valence-corrected chi connectivity index (χ1v) is 10.7. The Bertz CT molecular complexity index is 894. The summed E-state index contributed by atoms with van der Waals surface area (Å²) < 4.78 is 6.33. The molecule has 0 N–H and O–H groups in total. The molecule has 0 spiro atoms. The average molecular weight is 394 g/mol. The molecule has 2 fully saturated rings. The summed E-state index contributed by atoms with van der Waals surface area (Å²) in [6, 6.07) is 10.9. The van der Waals surface area contributed by atoms with Gasteiger partial charge in [0.25, 0.3) is 0 Å². The number of hydrogen-bond acceptors (Lipinski definition) is 6. The molecule has 2 aromatic rings. The van der Waals surface area contributed by atoms with Gasteiger partial charge in [-0.05, 0) is 44.7 Å². The van der Waals surface area contributed by atoms with Crippen LogP contribution in [0.5, 0.6) is 0 Å². The number of morpholine rings is 1. The van der Waals surface area contributed by atoms with Gasteiger partial charge in [-0.15, -0.1) is 0 Å². The lowest BCUT2D eigenvalue weighted by atomic mass is 10.1. The number of pyridine rings is 1. The first kappa shape index (κ1) is 20.1. The molecule has 0 saturated carbocycles. The summed E-state index contributed by atoms with van der Waals surface area (Å²) in [5, 5.41) is 10.5. The quantitative estimate of drug-likeness (QED) is 0.796. The summed E-state index contributed by atoms with van der Waals surface area (Å²) in [5.74, 6) is 0. The maximum absolute atomic E-state index is 9.43. The Morgan fingerprint density at radius 2 is 2.07 bits per heavy atom. The predicted molar refractivity (Wildman–Crippen MR) is 116 cm³/mol. The maximum Gasteiger partial charge on any atom is 0.101 e. The molecule has 2 saturated heterocycles. The number of hydrogen-bond donors (Lipinski definition) is 0. The summed E-state index contributed by atoms with van der Waals surface area (Å²) >= 11 is 0. The first-order chi connectivity index (χ1) is 14.1. The summed E-state index contributed by atoms with van der Waals surface area (Å²) in [7, 11) is 2.23. The van der Waals surface area contributed by atoms with Crippen molar-refractivity contribution in [3.05, 3.63) is 36.0 Å². The van der Waals surface area contributed by atoms with Crippen molar-refractivity contribution in [2.75, 3.05) is 51.2 Å². The topological polar surface area (TPSA) is 55.6 Å². The number of anilines is 1. The average Bonchev–Trinajstić information content (AvgIpc) is 2.74. The van der Waals surface area contributed by atoms with Crippen molar-refractivity contribution in [2.24, 2.45) is 0 Å². The molecule has 154 valence electrons. The highest BCUT2D eigenvalue weighted by molar-refractivity contribution is 5.95. The van der Waals surface area contributed by atoms with Gasteiger partial charge in [0.2, 0.25) is 0 Å². The molecule has 0 radical (unpaired) electrons. The monoisotopic (exact) mass is 393 g/mol. The van der Waals surface area contributed by atoms with E-state index in [1.807, 2.05) is 12.1 Å². The smallest absolute Gasteiger partial charge is 0.101 e. The second-order valence-electron chi connectivity index (χ2n) is 8.42. The van der Waals surface area contributed by atoms with Crippen molar-refractivity contribution in [2.45, 2.75) is 38.5 Å². The van der Waals surface area contributed by atoms with Crippen LogP contribution >= 0.6 is 0 Å². The van der Waals surface area contributed by atoms with Gasteiger partial charge < -0.3 is 14.5 Å². The first-order valence-electron chi connectivity index (χ1n) is 10.7. The number of ether oxygens (including phenoxy) is 1. The van der Waals surface area contributed by atoms with Gasteiger partial charge >= 0.3 is 0 Å². The highest BCUT2D eigenvalue weighted by atomic mass is 16.5. The van der Waals surface area contributed by atoms with E-state index < -0.39 is 0 Å². The zero-order valence-corrected chi connectivity index (χ0v) is 17.7. The molecule has 3 heterocycles. The number of aromatic nitrogens is 1. The SMILES string of the molecule is CC[C@H]1CN(C[C@@H]2CN(c3ccc(C#N)c4ncccc34)C[C@@H](C)O2)CCN1C. The molecule has 0 aliphatic carbocycles. The van der Waals surface area contributed by atoms with E-state index in [2.05, 4.69) is 58.8 Å². The van der Waals surface area contributed by atoms with Gasteiger partial charge in [-0.25, -0.2) is 0 Å². The van der Waals surface area contributed by atoms with Gasteiger partial charge in [0.1, 0.15) is 6.07 Å². The van der Waals surface area contributed by atoms with E-state index >= 15 is 0 Å². The van der Waals surface area contributed by atoms with Gasteiger partial charge in [0.05, 0.1) is 23.3 Å². The second-order valence-corrected chi connectivity index (χ2v) is 8.42. The highest BCUT2D eigenvalue weighted by Gasteiger charge is 2.30. The van der Waals surface area contributed by atoms with Gasteiger partial charge in [0.15, 0.2) is 0 Å². The number of nitriles is 1. The molecular formula is C23H31N5O. The number of benzene rings is 1. The van der Waals surface area contributed by atoms with Crippen molar-refractivity contribution in [1.29, 1.82) is 5.26 Å². The van der Waals surface area contributed by atoms with E-state index in [9.17, 15) is 5.26 Å². The number of nitrogens with zero attached hydrogens (tertiary/aromatic N) is 5. The minimum Gasteiger partial charge on any atom is -0.370 e. The fourth-order valence-electron chi connectivity index (χ4n) is 4.77. The second kappa shape index (κ2) is 8.66. The number of fused-ring (bicyclic) bond motifs is 1. The van der Waals surface area contributed by atoms with Crippen LogP contribution in [0.4, 0.5) is 5.69 Å². The van der Waals surface area contributed by atoms with E-state index in [1.54, 1.807) is 6.20 Å². The zero-order valence-electron chi connectivity index (χ0n) is 17.7. The van der Waals surface area contributed by atoms with Crippen LogP contribution in [0.2, 0.25) is 0 Å². The van der Waals surface area contributed by atoms with Gasteiger partial charge in [-0.3, -0.25) is 9.88 Å². The van der Waals surface area contributed by atoms with Crippen LogP contribution in [0.3, 0.4) is 0 Å². The molecule has 4 rings (SSSR count). The Balaban J connectivity index is 1.53. The van der Waals surface area contributed by atoms with Crippen molar-refractivity contribution in [3.8, 4) is 6.07 Å². The minimum absolute atomic E-state index is 0.172. The lowest BCUT2D eigenvalue weighted by Gasteiger charge is -2.43. The molecule has 0 amide bonds. The third kappa shape index (κ3) is 4.23. The van der Waals surface area contributed by atoms with E-state index in [-0.39, 0.29) is 12.2 Å².